The number of piperazine rings is 1. The van der Waals surface area contributed by atoms with Crippen LogP contribution in [-0.2, 0) is 22.6 Å². The lowest BCUT2D eigenvalue weighted by Crippen LogP contribution is -2.47. The fourth-order valence-electron chi connectivity index (χ4n) is 5.04. The highest BCUT2D eigenvalue weighted by atomic mass is 16.5. The van der Waals surface area contributed by atoms with Crippen molar-refractivity contribution in [1.82, 2.24) is 29.7 Å². The van der Waals surface area contributed by atoms with Crippen LogP contribution >= 0.6 is 0 Å². The Morgan fingerprint density at radius 2 is 1.79 bits per heavy atom. The van der Waals surface area contributed by atoms with Crippen LogP contribution in [0.15, 0.2) is 54.9 Å². The summed E-state index contributed by atoms with van der Waals surface area (Å²) in [4.78, 5) is 33.7. The van der Waals surface area contributed by atoms with Crippen LogP contribution in [0.5, 0.6) is 0 Å². The van der Waals surface area contributed by atoms with Gasteiger partial charge >= 0.3 is 0 Å². The van der Waals surface area contributed by atoms with Crippen molar-refractivity contribution < 1.29 is 9.53 Å². The molecule has 1 fully saturated rings. The number of ketones is 1. The van der Waals surface area contributed by atoms with Crippen LogP contribution in [0.1, 0.15) is 24.1 Å². The van der Waals surface area contributed by atoms with Gasteiger partial charge in [0.1, 0.15) is 5.78 Å². The monoisotopic (exact) mass is 515 g/mol. The first-order valence-electron chi connectivity index (χ1n) is 13.5. The Labute approximate surface area is 224 Å². The minimum absolute atomic E-state index is 0.327. The largest absolute Gasteiger partial charge is 0.383 e. The van der Waals surface area contributed by atoms with E-state index in [0.29, 0.717) is 37.8 Å². The quantitative estimate of drug-likeness (QED) is 0.565. The van der Waals surface area contributed by atoms with Crippen molar-refractivity contribution in [2.45, 2.75) is 25.9 Å². The Morgan fingerprint density at radius 3 is 2.58 bits per heavy atom. The number of pyridine rings is 1. The average Bonchev–Trinajstić information content (AvgIpc) is 2.93. The van der Waals surface area contributed by atoms with Gasteiger partial charge in [-0.1, -0.05) is 12.1 Å². The summed E-state index contributed by atoms with van der Waals surface area (Å²) in [7, 11) is 1.72. The van der Waals surface area contributed by atoms with Crippen molar-refractivity contribution in [3.8, 4) is 11.3 Å². The molecule has 0 aliphatic carbocycles. The number of aromatic nitrogens is 3. The Bertz CT molecular complexity index is 1200. The third-order valence-electron chi connectivity index (χ3n) is 7.16. The first-order chi connectivity index (χ1) is 18.6. The number of nitrogens with zero attached hydrogens (tertiary/aromatic N) is 6. The molecule has 0 unspecified atom stereocenters. The summed E-state index contributed by atoms with van der Waals surface area (Å²) in [6, 6.07) is 14.4. The van der Waals surface area contributed by atoms with Gasteiger partial charge in [-0.2, -0.15) is 0 Å². The van der Waals surface area contributed by atoms with E-state index in [1.807, 2.05) is 24.4 Å². The van der Waals surface area contributed by atoms with Gasteiger partial charge in [0.15, 0.2) is 0 Å². The lowest BCUT2D eigenvalue weighted by Gasteiger charge is -2.34. The minimum atomic E-state index is 0.327. The predicted octanol–water partition coefficient (Wildman–Crippen LogP) is 3.21. The lowest BCUT2D eigenvalue weighted by molar-refractivity contribution is -0.120. The number of Topliss-reactive ketones (excluding diaryl/α,β-unsaturated/α-hetero) is 1. The van der Waals surface area contributed by atoms with Gasteiger partial charge < -0.3 is 10.1 Å². The summed E-state index contributed by atoms with van der Waals surface area (Å²) < 4.78 is 5.32. The smallest absolute Gasteiger partial charge is 0.227 e. The summed E-state index contributed by atoms with van der Waals surface area (Å²) in [5.74, 6) is 0.888. The third-order valence-corrected chi connectivity index (χ3v) is 7.16. The molecule has 5 aliphatic rings. The number of anilines is 2. The van der Waals surface area contributed by atoms with Gasteiger partial charge in [-0.3, -0.25) is 24.5 Å². The van der Waals surface area contributed by atoms with E-state index in [-0.39, 0.29) is 0 Å². The van der Waals surface area contributed by atoms with Crippen LogP contribution in [0.4, 0.5) is 11.6 Å². The van der Waals surface area contributed by atoms with Crippen LogP contribution in [-0.4, -0.2) is 95.0 Å². The Balaban J connectivity index is 1.37. The van der Waals surface area contributed by atoms with Gasteiger partial charge in [-0.15, -0.1) is 0 Å². The normalized spacial score (nSPS) is 21.2. The average molecular weight is 516 g/mol. The summed E-state index contributed by atoms with van der Waals surface area (Å²) in [6.07, 6.45) is 5.09. The molecular formula is C29H37N7O2. The number of ether oxygens (including phenoxy) is 1. The van der Waals surface area contributed by atoms with Crippen LogP contribution in [0.2, 0.25) is 0 Å². The number of rotatable bonds is 3. The Morgan fingerprint density at radius 1 is 0.947 bits per heavy atom. The van der Waals surface area contributed by atoms with E-state index >= 15 is 0 Å². The maximum atomic E-state index is 12.7. The topological polar surface area (TPSA) is 86.7 Å². The zero-order valence-electron chi connectivity index (χ0n) is 22.2. The molecule has 5 aliphatic heterocycles. The van der Waals surface area contributed by atoms with E-state index in [1.165, 1.54) is 5.56 Å². The summed E-state index contributed by atoms with van der Waals surface area (Å²) in [5.41, 5.74) is 4.96. The van der Waals surface area contributed by atoms with Gasteiger partial charge in [0.2, 0.25) is 5.95 Å². The number of carbonyl (C=O) groups excluding carboxylic acids is 1. The first kappa shape index (κ1) is 26.4. The van der Waals surface area contributed by atoms with E-state index in [9.17, 15) is 4.79 Å². The number of nitrogens with one attached hydrogen (secondary N) is 1. The van der Waals surface area contributed by atoms with Crippen molar-refractivity contribution in [3.63, 3.8) is 0 Å². The molecule has 8 rings (SSSR count). The van der Waals surface area contributed by atoms with Crippen molar-refractivity contribution >= 4 is 17.4 Å². The predicted molar refractivity (Wildman–Crippen MR) is 148 cm³/mol. The van der Waals surface area contributed by atoms with E-state index in [4.69, 9.17) is 14.7 Å². The Hall–Kier alpha value is -3.24. The number of methoxy groups -OCH3 is 1. The van der Waals surface area contributed by atoms with Crippen molar-refractivity contribution in [3.05, 3.63) is 66.1 Å². The second-order valence-electron chi connectivity index (χ2n) is 10.1. The fraction of sp³-hybridized carbons (Fsp3) is 0.448. The second kappa shape index (κ2) is 13.0. The molecule has 2 aromatic heterocycles. The maximum Gasteiger partial charge on any atom is 0.227 e. The van der Waals surface area contributed by atoms with Crippen LogP contribution in [0, 0.1) is 0 Å². The molecule has 0 radical (unpaired) electrons. The molecule has 9 nitrogen and oxygen atoms in total. The van der Waals surface area contributed by atoms with E-state index in [0.717, 1.165) is 74.9 Å². The third kappa shape index (κ3) is 7.41. The number of carbonyl (C=O) groups is 1. The maximum absolute atomic E-state index is 12.7. The number of hydrogen-bond acceptors (Lipinski definition) is 9. The molecule has 0 amide bonds. The zero-order valence-corrected chi connectivity index (χ0v) is 22.2. The van der Waals surface area contributed by atoms with Crippen LogP contribution in [0.3, 0.4) is 0 Å². The zero-order chi connectivity index (χ0) is 26.2. The van der Waals surface area contributed by atoms with Gasteiger partial charge in [-0.05, 0) is 48.9 Å². The van der Waals surface area contributed by atoms with E-state index in [1.54, 1.807) is 13.3 Å². The molecule has 38 heavy (non-hydrogen) atoms. The molecule has 0 atom stereocenters. The molecule has 0 saturated carbocycles. The van der Waals surface area contributed by atoms with Crippen LogP contribution < -0.4 is 5.32 Å². The highest BCUT2D eigenvalue weighted by Crippen LogP contribution is 2.21. The second-order valence-corrected chi connectivity index (χ2v) is 10.1. The SMILES string of the molecule is COCCN1CCCC(=O)CN2CCN(CC2)Cc2cccc(c2)Nc2nccc(n2)-c2ccc(nc2)C1. The van der Waals surface area contributed by atoms with E-state index < -0.39 is 0 Å². The summed E-state index contributed by atoms with van der Waals surface area (Å²) in [5, 5.41) is 3.37. The van der Waals surface area contributed by atoms with Crippen molar-refractivity contribution in [1.29, 1.82) is 0 Å². The molecule has 8 bridgehead atoms. The van der Waals surface area contributed by atoms with E-state index in [2.05, 4.69) is 49.3 Å². The van der Waals surface area contributed by atoms with Crippen molar-refractivity contribution in [2.75, 3.05) is 64.8 Å². The lowest BCUT2D eigenvalue weighted by atomic mass is 10.1. The minimum Gasteiger partial charge on any atom is -0.383 e. The highest BCUT2D eigenvalue weighted by molar-refractivity contribution is 5.80. The fourth-order valence-corrected chi connectivity index (χ4v) is 5.04. The molecule has 1 N–H and O–H groups in total. The summed E-state index contributed by atoms with van der Waals surface area (Å²) >= 11 is 0. The number of hydrogen-bond donors (Lipinski definition) is 1. The van der Waals surface area contributed by atoms with Gasteiger partial charge in [-0.25, -0.2) is 9.97 Å². The molecule has 1 aromatic carbocycles. The highest BCUT2D eigenvalue weighted by Gasteiger charge is 2.19. The number of benzene rings is 1. The summed E-state index contributed by atoms with van der Waals surface area (Å²) in [6.45, 7) is 8.21. The van der Waals surface area contributed by atoms with Gasteiger partial charge in [0.25, 0.3) is 0 Å². The van der Waals surface area contributed by atoms with Crippen LogP contribution in [0.25, 0.3) is 11.3 Å². The molecule has 200 valence electrons. The van der Waals surface area contributed by atoms with Gasteiger partial charge in [0, 0.05) is 83.0 Å². The van der Waals surface area contributed by atoms with Gasteiger partial charge in [0.05, 0.1) is 24.5 Å². The molecule has 1 saturated heterocycles. The molecule has 9 heteroatoms. The standard InChI is InChI=1S/C29H37N7O2/c1-38-17-16-34-11-3-6-27(37)22-36-14-12-35(13-15-36)20-23-4-2-5-25(18-23)32-29-30-10-9-28(33-29)24-7-8-26(21-34)31-19-24/h2,4-5,7-10,18-19H,3,6,11-17,20-22H2,1H3,(H,30,32,33). The molecule has 3 aromatic rings. The molecule has 0 spiro atoms. The molecule has 7 heterocycles. The van der Waals surface area contributed by atoms with Crippen molar-refractivity contribution in [2.24, 2.45) is 0 Å². The first-order valence-corrected chi connectivity index (χ1v) is 13.5. The molecular weight excluding hydrogens is 478 g/mol. The Kier molecular flexibility index (Phi) is 9.03.